The Labute approximate surface area is 197 Å². The Hall–Kier alpha value is -3.58. The van der Waals surface area contributed by atoms with Gasteiger partial charge in [-0.05, 0) is 55.3 Å². The first-order chi connectivity index (χ1) is 16.8. The fraction of sp³-hybridized carbons (Fsp3) is 0.333. The van der Waals surface area contributed by atoms with Gasteiger partial charge in [-0.2, -0.15) is 0 Å². The Morgan fingerprint density at radius 3 is 2.76 bits per heavy atom. The molecule has 0 bridgehead atoms. The van der Waals surface area contributed by atoms with Gasteiger partial charge in [-0.25, -0.2) is 15.0 Å². The van der Waals surface area contributed by atoms with Gasteiger partial charge in [0.05, 0.1) is 11.7 Å². The molecule has 1 aliphatic heterocycles. The number of pyridine rings is 2. The van der Waals surface area contributed by atoms with E-state index in [1.165, 1.54) is 30.2 Å². The minimum Gasteiger partial charge on any atom is -0.356 e. The van der Waals surface area contributed by atoms with Crippen LogP contribution in [0.2, 0.25) is 0 Å². The smallest absolute Gasteiger partial charge is 0.163 e. The Morgan fingerprint density at radius 2 is 1.94 bits per heavy atom. The summed E-state index contributed by atoms with van der Waals surface area (Å²) >= 11 is 0. The number of anilines is 1. The lowest BCUT2D eigenvalue weighted by Gasteiger charge is -2.28. The van der Waals surface area contributed by atoms with E-state index < -0.39 is 0 Å². The molecule has 0 spiro atoms. The van der Waals surface area contributed by atoms with E-state index in [1.54, 1.807) is 0 Å². The van der Waals surface area contributed by atoms with Crippen molar-refractivity contribution >= 4 is 38.7 Å². The number of para-hydroxylation sites is 1. The number of aromatic amines is 1. The minimum absolute atomic E-state index is 0.503. The van der Waals surface area contributed by atoms with E-state index in [0.717, 1.165) is 64.2 Å². The van der Waals surface area contributed by atoms with Gasteiger partial charge in [0.1, 0.15) is 11.5 Å². The Kier molecular flexibility index (Phi) is 4.52. The number of rotatable bonds is 4. The molecule has 0 unspecified atom stereocenters. The second-order valence-electron chi connectivity index (χ2n) is 9.71. The maximum Gasteiger partial charge on any atom is 0.163 e. The predicted octanol–water partition coefficient (Wildman–Crippen LogP) is 4.77. The highest BCUT2D eigenvalue weighted by atomic mass is 15.2. The topological polar surface area (TPSA) is 96.6 Å². The minimum atomic E-state index is 0.503. The lowest BCUT2D eigenvalue weighted by Crippen LogP contribution is -2.24. The monoisotopic (exact) mass is 449 g/mol. The number of hydrogen-bond acceptors (Lipinski definition) is 6. The van der Waals surface area contributed by atoms with Crippen molar-refractivity contribution in [2.45, 2.75) is 31.6 Å². The van der Waals surface area contributed by atoms with Crippen LogP contribution in [-0.2, 0) is 0 Å². The van der Waals surface area contributed by atoms with Crippen LogP contribution in [0.3, 0.4) is 0 Å². The first kappa shape index (κ1) is 19.9. The average Bonchev–Trinajstić information content (AvgIpc) is 3.47. The summed E-state index contributed by atoms with van der Waals surface area (Å²) in [7, 11) is 0. The molecule has 1 saturated heterocycles. The number of nitrogens with zero attached hydrogens (tertiary/aromatic N) is 5. The first-order valence-corrected chi connectivity index (χ1v) is 12.3. The number of H-pyrrole nitrogens is 1. The normalized spacial score (nSPS) is 18.9. The molecule has 5 heterocycles. The molecule has 170 valence electrons. The molecule has 3 N–H and O–H groups in total. The summed E-state index contributed by atoms with van der Waals surface area (Å²) < 4.78 is 0. The van der Waals surface area contributed by atoms with Crippen LogP contribution < -0.4 is 10.6 Å². The number of nitrogens with two attached hydrogens (primary N) is 1. The molecular formula is C27H27N7. The standard InChI is InChI=1S/C27H27N7/c28-12-16-9-11-34(15-16)27-24-20(17-4-3-5-17)13-29-14-22(24)32-25(33-27)19-8-10-30-26-23(19)18-6-1-2-7-21(18)31-26/h1-2,6-8,10,13-14,16-17H,3-5,9,11-12,15,28H2,(H,30,31)/t16-/m0/s1. The van der Waals surface area contributed by atoms with Crippen molar-refractivity contribution in [2.75, 3.05) is 24.5 Å². The molecule has 4 aromatic heterocycles. The first-order valence-electron chi connectivity index (χ1n) is 12.3. The van der Waals surface area contributed by atoms with Crippen molar-refractivity contribution in [3.63, 3.8) is 0 Å². The van der Waals surface area contributed by atoms with Gasteiger partial charge in [-0.15, -0.1) is 0 Å². The Balaban J connectivity index is 1.49. The second kappa shape index (κ2) is 7.74. The predicted molar refractivity (Wildman–Crippen MR) is 136 cm³/mol. The van der Waals surface area contributed by atoms with Gasteiger partial charge in [0.25, 0.3) is 0 Å². The van der Waals surface area contributed by atoms with Crippen molar-refractivity contribution in [3.05, 3.63) is 54.5 Å². The quantitative estimate of drug-likeness (QED) is 0.410. The largest absolute Gasteiger partial charge is 0.356 e. The van der Waals surface area contributed by atoms with Gasteiger partial charge in [0.15, 0.2) is 5.82 Å². The van der Waals surface area contributed by atoms with E-state index in [9.17, 15) is 0 Å². The van der Waals surface area contributed by atoms with Crippen LogP contribution in [0.15, 0.2) is 48.9 Å². The highest BCUT2D eigenvalue weighted by Crippen LogP contribution is 2.43. The van der Waals surface area contributed by atoms with E-state index in [1.807, 2.05) is 30.7 Å². The van der Waals surface area contributed by atoms with Crippen LogP contribution in [0.5, 0.6) is 0 Å². The average molecular weight is 450 g/mol. The molecule has 1 atom stereocenters. The van der Waals surface area contributed by atoms with Gasteiger partial charge < -0.3 is 15.6 Å². The molecule has 1 aromatic carbocycles. The van der Waals surface area contributed by atoms with Gasteiger partial charge in [-0.1, -0.05) is 24.6 Å². The van der Waals surface area contributed by atoms with Crippen LogP contribution >= 0.6 is 0 Å². The van der Waals surface area contributed by atoms with Crippen LogP contribution in [0.1, 0.15) is 37.2 Å². The summed E-state index contributed by atoms with van der Waals surface area (Å²) in [6.07, 6.45) is 10.6. The van der Waals surface area contributed by atoms with Crippen molar-refractivity contribution in [1.82, 2.24) is 24.9 Å². The van der Waals surface area contributed by atoms with Gasteiger partial charge in [0, 0.05) is 52.7 Å². The summed E-state index contributed by atoms with van der Waals surface area (Å²) in [5.74, 6) is 2.82. The highest BCUT2D eigenvalue weighted by molar-refractivity contribution is 6.12. The lowest BCUT2D eigenvalue weighted by atomic mass is 9.79. The number of aromatic nitrogens is 5. The fourth-order valence-corrected chi connectivity index (χ4v) is 5.64. The van der Waals surface area contributed by atoms with Gasteiger partial charge in [-0.3, -0.25) is 4.98 Å². The zero-order chi connectivity index (χ0) is 22.6. The third-order valence-corrected chi connectivity index (χ3v) is 7.72. The zero-order valence-electron chi connectivity index (χ0n) is 19.0. The SMILES string of the molecule is NC[C@@H]1CCN(c2nc(-c3ccnc4[nH]c5ccccc5c34)nc3cncc(C4CCC4)c23)C1. The molecule has 1 aliphatic carbocycles. The van der Waals surface area contributed by atoms with Crippen LogP contribution in [-0.4, -0.2) is 44.6 Å². The zero-order valence-corrected chi connectivity index (χ0v) is 19.0. The van der Waals surface area contributed by atoms with Crippen molar-refractivity contribution in [3.8, 4) is 11.4 Å². The van der Waals surface area contributed by atoms with E-state index in [0.29, 0.717) is 18.4 Å². The Bertz CT molecular complexity index is 1530. The molecule has 34 heavy (non-hydrogen) atoms. The molecular weight excluding hydrogens is 422 g/mol. The molecule has 2 fully saturated rings. The molecule has 7 nitrogen and oxygen atoms in total. The maximum absolute atomic E-state index is 6.04. The molecule has 5 aromatic rings. The third kappa shape index (κ3) is 3.00. The number of hydrogen-bond donors (Lipinski definition) is 2. The summed E-state index contributed by atoms with van der Waals surface area (Å²) in [6, 6.07) is 10.3. The highest BCUT2D eigenvalue weighted by Gasteiger charge is 2.29. The summed E-state index contributed by atoms with van der Waals surface area (Å²) in [5, 5.41) is 3.37. The van der Waals surface area contributed by atoms with E-state index in [-0.39, 0.29) is 0 Å². The van der Waals surface area contributed by atoms with Crippen molar-refractivity contribution < 1.29 is 0 Å². The Morgan fingerprint density at radius 1 is 1.03 bits per heavy atom. The van der Waals surface area contributed by atoms with Crippen molar-refractivity contribution in [2.24, 2.45) is 11.7 Å². The van der Waals surface area contributed by atoms with Crippen LogP contribution in [0.4, 0.5) is 5.82 Å². The van der Waals surface area contributed by atoms with Crippen LogP contribution in [0.25, 0.3) is 44.2 Å². The van der Waals surface area contributed by atoms with Crippen molar-refractivity contribution in [1.29, 1.82) is 0 Å². The van der Waals surface area contributed by atoms with Gasteiger partial charge in [0.2, 0.25) is 0 Å². The summed E-state index contributed by atoms with van der Waals surface area (Å²) in [4.78, 5) is 25.4. The molecule has 1 saturated carbocycles. The number of nitrogens with one attached hydrogen (secondary N) is 1. The van der Waals surface area contributed by atoms with E-state index >= 15 is 0 Å². The lowest BCUT2D eigenvalue weighted by molar-refractivity contribution is 0.421. The summed E-state index contributed by atoms with van der Waals surface area (Å²) in [5.41, 5.74) is 11.2. The molecule has 7 rings (SSSR count). The van der Waals surface area contributed by atoms with Gasteiger partial charge >= 0.3 is 0 Å². The van der Waals surface area contributed by atoms with Crippen LogP contribution in [0, 0.1) is 5.92 Å². The van der Waals surface area contributed by atoms with E-state index in [2.05, 4.69) is 38.1 Å². The number of benzene rings is 1. The molecule has 2 aliphatic rings. The summed E-state index contributed by atoms with van der Waals surface area (Å²) in [6.45, 7) is 2.62. The second-order valence-corrected chi connectivity index (χ2v) is 9.71. The maximum atomic E-state index is 6.04. The molecule has 7 heteroatoms. The number of fused-ring (bicyclic) bond motifs is 4. The fourth-order valence-electron chi connectivity index (χ4n) is 5.64. The molecule has 0 radical (unpaired) electrons. The molecule has 0 amide bonds. The third-order valence-electron chi connectivity index (χ3n) is 7.72. The van der Waals surface area contributed by atoms with E-state index in [4.69, 9.17) is 15.7 Å².